The number of rotatable bonds is 2. The fourth-order valence-corrected chi connectivity index (χ4v) is 3.81. The molecule has 2 aromatic carbocycles. The molecule has 24 heavy (non-hydrogen) atoms. The zero-order chi connectivity index (χ0) is 17.4. The molecule has 0 atom stereocenters. The second-order valence-electron chi connectivity index (χ2n) is 6.90. The molecule has 1 heteroatoms. The highest BCUT2D eigenvalue weighted by Gasteiger charge is 2.24. The fourth-order valence-electron chi connectivity index (χ4n) is 3.81. The quantitative estimate of drug-likeness (QED) is 0.558. The summed E-state index contributed by atoms with van der Waals surface area (Å²) in [5.74, 6) is 0. The molecule has 0 unspecified atom stereocenters. The average Bonchev–Trinajstić information content (AvgIpc) is 2.51. The Labute approximate surface area is 145 Å². The summed E-state index contributed by atoms with van der Waals surface area (Å²) in [5.41, 5.74) is 11.8. The van der Waals surface area contributed by atoms with Crippen LogP contribution in [0.2, 0.25) is 0 Å². The normalized spacial score (nSPS) is 10.9. The van der Waals surface area contributed by atoms with E-state index in [1.165, 1.54) is 50.3 Å². The average molecular weight is 316 g/mol. The third-order valence-corrected chi connectivity index (χ3v) is 4.89. The van der Waals surface area contributed by atoms with Crippen LogP contribution in [0.15, 0.2) is 48.5 Å². The molecule has 0 bridgehead atoms. The lowest BCUT2D eigenvalue weighted by Gasteiger charge is -2.14. The van der Waals surface area contributed by atoms with E-state index in [1.54, 1.807) is 0 Å². The van der Waals surface area contributed by atoms with Crippen molar-refractivity contribution in [3.8, 4) is 22.5 Å². The van der Waals surface area contributed by atoms with Crippen LogP contribution in [0.1, 0.15) is 27.8 Å². The molecular weight excluding hydrogens is 290 g/mol. The lowest BCUT2D eigenvalue weighted by molar-refractivity contribution is -0.649. The molecular formula is C23H26N+. The van der Waals surface area contributed by atoms with E-state index >= 15 is 0 Å². The fraction of sp³-hybridized carbons (Fsp3) is 0.261. The molecule has 0 radical (unpaired) electrons. The summed E-state index contributed by atoms with van der Waals surface area (Å²) in [6, 6.07) is 17.7. The Morgan fingerprint density at radius 3 is 1.75 bits per heavy atom. The van der Waals surface area contributed by atoms with Gasteiger partial charge in [0, 0.05) is 22.3 Å². The van der Waals surface area contributed by atoms with Gasteiger partial charge in [0.05, 0.1) is 0 Å². The Balaban J connectivity index is 2.33. The second-order valence-corrected chi connectivity index (χ2v) is 6.90. The van der Waals surface area contributed by atoms with Crippen molar-refractivity contribution in [3.05, 3.63) is 76.3 Å². The lowest BCUT2D eigenvalue weighted by atomic mass is 9.95. The zero-order valence-electron chi connectivity index (χ0n) is 15.6. The molecule has 3 rings (SSSR count). The van der Waals surface area contributed by atoms with Crippen LogP contribution in [0.3, 0.4) is 0 Å². The van der Waals surface area contributed by atoms with E-state index in [1.807, 2.05) is 0 Å². The highest BCUT2D eigenvalue weighted by Crippen LogP contribution is 2.30. The number of pyridine rings is 1. The molecule has 1 nitrogen and oxygen atoms in total. The first kappa shape index (κ1) is 16.4. The van der Waals surface area contributed by atoms with Gasteiger partial charge in [0.15, 0.2) is 0 Å². The van der Waals surface area contributed by atoms with Gasteiger partial charge in [0.25, 0.3) is 0 Å². The predicted molar refractivity (Wildman–Crippen MR) is 102 cm³/mol. The number of hydrogen-bond acceptors (Lipinski definition) is 0. The second kappa shape index (κ2) is 6.24. The minimum Gasteiger partial charge on any atom is -0.194 e. The molecule has 0 aliphatic heterocycles. The van der Waals surface area contributed by atoms with E-state index in [-0.39, 0.29) is 0 Å². The van der Waals surface area contributed by atoms with Gasteiger partial charge in [-0.1, -0.05) is 35.9 Å². The summed E-state index contributed by atoms with van der Waals surface area (Å²) in [6.07, 6.45) is 0. The van der Waals surface area contributed by atoms with Crippen LogP contribution in [0.5, 0.6) is 0 Å². The molecule has 0 amide bonds. The Morgan fingerprint density at radius 2 is 1.17 bits per heavy atom. The van der Waals surface area contributed by atoms with E-state index in [2.05, 4.69) is 94.8 Å². The molecule has 0 saturated heterocycles. The van der Waals surface area contributed by atoms with Crippen molar-refractivity contribution in [2.75, 3.05) is 0 Å². The van der Waals surface area contributed by atoms with Crippen LogP contribution in [-0.2, 0) is 7.05 Å². The van der Waals surface area contributed by atoms with E-state index in [0.29, 0.717) is 0 Å². The molecule has 122 valence electrons. The van der Waals surface area contributed by atoms with Crippen LogP contribution >= 0.6 is 0 Å². The Hall–Kier alpha value is -2.41. The first-order valence-corrected chi connectivity index (χ1v) is 8.54. The van der Waals surface area contributed by atoms with Crippen molar-refractivity contribution in [3.63, 3.8) is 0 Å². The highest BCUT2D eigenvalue weighted by molar-refractivity contribution is 5.70. The number of benzene rings is 2. The van der Waals surface area contributed by atoms with Gasteiger partial charge in [0.2, 0.25) is 11.4 Å². The van der Waals surface area contributed by atoms with Crippen LogP contribution < -0.4 is 4.57 Å². The minimum atomic E-state index is 1.30. The highest BCUT2D eigenvalue weighted by atomic mass is 15.0. The third kappa shape index (κ3) is 2.75. The van der Waals surface area contributed by atoms with Crippen molar-refractivity contribution in [2.45, 2.75) is 34.6 Å². The van der Waals surface area contributed by atoms with Gasteiger partial charge in [-0.05, 0) is 63.9 Å². The van der Waals surface area contributed by atoms with Gasteiger partial charge < -0.3 is 0 Å². The maximum absolute atomic E-state index is 2.37. The first-order chi connectivity index (χ1) is 11.4. The van der Waals surface area contributed by atoms with Crippen LogP contribution in [0.4, 0.5) is 0 Å². The Bertz CT molecular complexity index is 920. The largest absolute Gasteiger partial charge is 0.215 e. The zero-order valence-corrected chi connectivity index (χ0v) is 15.6. The summed E-state index contributed by atoms with van der Waals surface area (Å²) < 4.78 is 2.37. The molecule has 3 aromatic rings. The minimum absolute atomic E-state index is 1.30. The maximum atomic E-state index is 2.37. The van der Waals surface area contributed by atoms with E-state index in [0.717, 1.165) is 0 Å². The number of aromatic nitrogens is 1. The summed E-state index contributed by atoms with van der Waals surface area (Å²) in [4.78, 5) is 0. The summed E-state index contributed by atoms with van der Waals surface area (Å²) in [5, 5.41) is 0. The van der Waals surface area contributed by atoms with Gasteiger partial charge in [-0.15, -0.1) is 0 Å². The number of aryl methyl sites for hydroxylation is 5. The van der Waals surface area contributed by atoms with Crippen LogP contribution in [-0.4, -0.2) is 0 Å². The van der Waals surface area contributed by atoms with Gasteiger partial charge in [0.1, 0.15) is 7.05 Å². The van der Waals surface area contributed by atoms with E-state index in [9.17, 15) is 0 Å². The smallest absolute Gasteiger partial charge is 0.194 e. The molecule has 0 fully saturated rings. The van der Waals surface area contributed by atoms with Crippen molar-refractivity contribution in [1.82, 2.24) is 0 Å². The molecule has 0 N–H and O–H groups in total. The standard InChI is InChI=1S/C23H26N/c1-15-11-12-21(17(3)13-15)23-19(5)14-18(4)22(24(23)6)20-10-8-7-9-16(20)2/h7-14H,1-6H3/q+1. The SMILES string of the molecule is Cc1ccc(-c2c(C)cc(C)c(-c3ccccc3C)[n+]2C)c(C)c1. The van der Waals surface area contributed by atoms with Crippen molar-refractivity contribution in [2.24, 2.45) is 7.05 Å². The molecule has 1 aromatic heterocycles. The van der Waals surface area contributed by atoms with Gasteiger partial charge in [-0.25, -0.2) is 0 Å². The number of hydrogen-bond donors (Lipinski definition) is 0. The molecule has 0 saturated carbocycles. The first-order valence-electron chi connectivity index (χ1n) is 8.54. The van der Waals surface area contributed by atoms with Crippen molar-refractivity contribution in [1.29, 1.82) is 0 Å². The summed E-state index contributed by atoms with van der Waals surface area (Å²) in [6.45, 7) is 11.0. The maximum Gasteiger partial charge on any atom is 0.215 e. The number of nitrogens with zero attached hydrogens (tertiary/aromatic N) is 1. The molecule has 0 aliphatic rings. The monoisotopic (exact) mass is 316 g/mol. The molecule has 0 aliphatic carbocycles. The van der Waals surface area contributed by atoms with Gasteiger partial charge >= 0.3 is 0 Å². The summed E-state index contributed by atoms with van der Waals surface area (Å²) in [7, 11) is 2.19. The van der Waals surface area contributed by atoms with Gasteiger partial charge in [-0.2, -0.15) is 4.57 Å². The Morgan fingerprint density at radius 1 is 0.583 bits per heavy atom. The molecule has 1 heterocycles. The van der Waals surface area contributed by atoms with Crippen LogP contribution in [0.25, 0.3) is 22.5 Å². The predicted octanol–water partition coefficient (Wildman–Crippen LogP) is 5.39. The van der Waals surface area contributed by atoms with Crippen molar-refractivity contribution < 1.29 is 4.57 Å². The lowest BCUT2D eigenvalue weighted by Crippen LogP contribution is -2.36. The third-order valence-electron chi connectivity index (χ3n) is 4.89. The van der Waals surface area contributed by atoms with Gasteiger partial charge in [-0.3, -0.25) is 0 Å². The summed E-state index contributed by atoms with van der Waals surface area (Å²) >= 11 is 0. The molecule has 0 spiro atoms. The Kier molecular flexibility index (Phi) is 4.28. The van der Waals surface area contributed by atoms with E-state index < -0.39 is 0 Å². The van der Waals surface area contributed by atoms with Crippen molar-refractivity contribution >= 4 is 0 Å². The van der Waals surface area contributed by atoms with E-state index in [4.69, 9.17) is 0 Å². The topological polar surface area (TPSA) is 3.88 Å². The van der Waals surface area contributed by atoms with Crippen LogP contribution in [0, 0.1) is 34.6 Å².